The Morgan fingerprint density at radius 3 is 2.95 bits per heavy atom. The molecule has 5 heteroatoms. The van der Waals surface area contributed by atoms with Crippen molar-refractivity contribution in [1.82, 2.24) is 10.6 Å². The zero-order chi connectivity index (χ0) is 13.7. The number of para-hydroxylation sites is 1. The number of hydrogen-bond donors (Lipinski definition) is 3. The van der Waals surface area contributed by atoms with E-state index in [0.717, 1.165) is 18.5 Å². The zero-order valence-corrected chi connectivity index (χ0v) is 11.0. The fourth-order valence-corrected chi connectivity index (χ4v) is 2.19. The highest BCUT2D eigenvalue weighted by atomic mass is 16.2. The molecule has 0 aromatic heterocycles. The quantitative estimate of drug-likeness (QED) is 0.698. The van der Waals surface area contributed by atoms with Crippen LogP contribution in [0.3, 0.4) is 0 Å². The van der Waals surface area contributed by atoms with E-state index in [4.69, 9.17) is 0 Å². The Morgan fingerprint density at radius 1 is 1.37 bits per heavy atom. The van der Waals surface area contributed by atoms with Gasteiger partial charge in [0.1, 0.15) is 0 Å². The molecular formula is C14H19N3O2. The van der Waals surface area contributed by atoms with Gasteiger partial charge in [0.05, 0.1) is 6.04 Å². The minimum absolute atomic E-state index is 0.00669. The van der Waals surface area contributed by atoms with Gasteiger partial charge in [-0.05, 0) is 24.5 Å². The molecule has 1 heterocycles. The van der Waals surface area contributed by atoms with Gasteiger partial charge in [-0.3, -0.25) is 9.59 Å². The second-order valence-electron chi connectivity index (χ2n) is 4.67. The van der Waals surface area contributed by atoms with E-state index in [0.29, 0.717) is 13.1 Å². The van der Waals surface area contributed by atoms with Gasteiger partial charge in [0.15, 0.2) is 0 Å². The van der Waals surface area contributed by atoms with Crippen molar-refractivity contribution in [2.45, 2.75) is 25.8 Å². The molecule has 19 heavy (non-hydrogen) atoms. The normalized spacial score (nSPS) is 18.2. The average Bonchev–Trinajstić information content (AvgIpc) is 2.53. The fourth-order valence-electron chi connectivity index (χ4n) is 2.19. The summed E-state index contributed by atoms with van der Waals surface area (Å²) in [5, 5.41) is 8.81. The zero-order valence-electron chi connectivity index (χ0n) is 11.0. The molecule has 0 aliphatic carbocycles. The highest BCUT2D eigenvalue weighted by Crippen LogP contribution is 2.21. The van der Waals surface area contributed by atoms with E-state index in [1.165, 1.54) is 12.5 Å². The molecule has 0 spiro atoms. The first-order valence-electron chi connectivity index (χ1n) is 6.53. The predicted molar refractivity (Wildman–Crippen MR) is 73.9 cm³/mol. The van der Waals surface area contributed by atoms with Crippen molar-refractivity contribution in [3.05, 3.63) is 29.8 Å². The first-order valence-corrected chi connectivity index (χ1v) is 6.53. The van der Waals surface area contributed by atoms with Gasteiger partial charge in [0.2, 0.25) is 11.8 Å². The van der Waals surface area contributed by atoms with Crippen LogP contribution in [0.25, 0.3) is 0 Å². The number of carbonyl (C=O) groups is 2. The number of aryl methyl sites for hydroxylation is 1. The standard InChI is InChI=1S/C14H19N3O2/c1-10(18)15-8-9-16-13-7-6-11-4-2-3-5-12(11)17-14(13)19/h2-5,13,16H,6-9H2,1H3,(H,15,18)(H,17,19). The Labute approximate surface area is 112 Å². The van der Waals surface area contributed by atoms with Gasteiger partial charge in [0, 0.05) is 25.7 Å². The van der Waals surface area contributed by atoms with Crippen LogP contribution in [-0.4, -0.2) is 30.9 Å². The van der Waals surface area contributed by atoms with Crippen LogP contribution in [0.4, 0.5) is 5.69 Å². The third-order valence-electron chi connectivity index (χ3n) is 3.18. The topological polar surface area (TPSA) is 70.2 Å². The summed E-state index contributed by atoms with van der Waals surface area (Å²) in [5.41, 5.74) is 2.07. The predicted octanol–water partition coefficient (Wildman–Crippen LogP) is 0.666. The van der Waals surface area contributed by atoms with Gasteiger partial charge in [-0.1, -0.05) is 18.2 Å². The Bertz CT molecular complexity index is 474. The molecule has 1 aliphatic heterocycles. The summed E-state index contributed by atoms with van der Waals surface area (Å²) < 4.78 is 0. The van der Waals surface area contributed by atoms with Crippen molar-refractivity contribution in [1.29, 1.82) is 0 Å². The number of fused-ring (bicyclic) bond motifs is 1. The molecular weight excluding hydrogens is 242 g/mol. The molecule has 2 amide bonds. The van der Waals surface area contributed by atoms with Gasteiger partial charge in [-0.2, -0.15) is 0 Å². The molecule has 5 nitrogen and oxygen atoms in total. The van der Waals surface area contributed by atoms with Crippen LogP contribution in [0.1, 0.15) is 18.9 Å². The molecule has 1 aromatic rings. The first kappa shape index (κ1) is 13.5. The lowest BCUT2D eigenvalue weighted by atomic mass is 10.1. The van der Waals surface area contributed by atoms with Crippen LogP contribution in [0.5, 0.6) is 0 Å². The Kier molecular flexibility index (Phi) is 4.52. The minimum Gasteiger partial charge on any atom is -0.355 e. The van der Waals surface area contributed by atoms with E-state index in [2.05, 4.69) is 16.0 Å². The van der Waals surface area contributed by atoms with Gasteiger partial charge >= 0.3 is 0 Å². The van der Waals surface area contributed by atoms with Gasteiger partial charge in [0.25, 0.3) is 0 Å². The number of anilines is 1. The van der Waals surface area contributed by atoms with Crippen LogP contribution < -0.4 is 16.0 Å². The summed E-state index contributed by atoms with van der Waals surface area (Å²) in [5.74, 6) is -0.0627. The molecule has 1 aliphatic rings. The summed E-state index contributed by atoms with van der Waals surface area (Å²) >= 11 is 0. The largest absolute Gasteiger partial charge is 0.355 e. The van der Waals surface area contributed by atoms with Crippen LogP contribution in [0.15, 0.2) is 24.3 Å². The van der Waals surface area contributed by atoms with Crippen molar-refractivity contribution in [2.75, 3.05) is 18.4 Å². The Balaban J connectivity index is 1.88. The number of hydrogen-bond acceptors (Lipinski definition) is 3. The van der Waals surface area contributed by atoms with Crippen LogP contribution in [-0.2, 0) is 16.0 Å². The van der Waals surface area contributed by atoms with Crippen molar-refractivity contribution in [2.24, 2.45) is 0 Å². The number of nitrogens with one attached hydrogen (secondary N) is 3. The fraction of sp³-hybridized carbons (Fsp3) is 0.429. The van der Waals surface area contributed by atoms with Gasteiger partial charge < -0.3 is 16.0 Å². The summed E-state index contributed by atoms with van der Waals surface area (Å²) in [4.78, 5) is 22.8. The molecule has 3 N–H and O–H groups in total. The minimum atomic E-state index is -0.207. The van der Waals surface area contributed by atoms with Crippen LogP contribution >= 0.6 is 0 Å². The SMILES string of the molecule is CC(=O)NCCNC1CCc2ccccc2NC1=O. The summed E-state index contributed by atoms with van der Waals surface area (Å²) in [6, 6.07) is 7.66. The molecule has 1 aromatic carbocycles. The van der Waals surface area contributed by atoms with Crippen molar-refractivity contribution in [3.8, 4) is 0 Å². The van der Waals surface area contributed by atoms with E-state index in [1.807, 2.05) is 24.3 Å². The number of carbonyl (C=O) groups excluding carboxylic acids is 2. The van der Waals surface area contributed by atoms with E-state index >= 15 is 0 Å². The maximum atomic E-state index is 12.0. The number of benzene rings is 1. The molecule has 0 saturated carbocycles. The van der Waals surface area contributed by atoms with E-state index in [-0.39, 0.29) is 17.9 Å². The van der Waals surface area contributed by atoms with Crippen molar-refractivity contribution >= 4 is 17.5 Å². The highest BCUT2D eigenvalue weighted by Gasteiger charge is 2.22. The lowest BCUT2D eigenvalue weighted by Gasteiger charge is -2.15. The summed E-state index contributed by atoms with van der Waals surface area (Å²) in [7, 11) is 0. The van der Waals surface area contributed by atoms with Crippen molar-refractivity contribution in [3.63, 3.8) is 0 Å². The van der Waals surface area contributed by atoms with E-state index in [1.54, 1.807) is 0 Å². The van der Waals surface area contributed by atoms with Crippen molar-refractivity contribution < 1.29 is 9.59 Å². The molecule has 1 atom stereocenters. The third kappa shape index (κ3) is 3.79. The maximum absolute atomic E-state index is 12.0. The molecule has 1 unspecified atom stereocenters. The van der Waals surface area contributed by atoms with Crippen LogP contribution in [0, 0.1) is 0 Å². The molecule has 0 saturated heterocycles. The molecule has 2 rings (SSSR count). The summed E-state index contributed by atoms with van der Waals surface area (Å²) in [6.45, 7) is 2.61. The second kappa shape index (κ2) is 6.33. The maximum Gasteiger partial charge on any atom is 0.241 e. The number of amides is 2. The lowest BCUT2D eigenvalue weighted by Crippen LogP contribution is -2.43. The third-order valence-corrected chi connectivity index (χ3v) is 3.18. The number of rotatable bonds is 4. The van der Waals surface area contributed by atoms with Gasteiger partial charge in [-0.25, -0.2) is 0 Å². The molecule has 0 radical (unpaired) electrons. The molecule has 0 bridgehead atoms. The molecule has 102 valence electrons. The Morgan fingerprint density at radius 2 is 2.16 bits per heavy atom. The smallest absolute Gasteiger partial charge is 0.241 e. The van der Waals surface area contributed by atoms with Gasteiger partial charge in [-0.15, -0.1) is 0 Å². The Hall–Kier alpha value is -1.88. The monoisotopic (exact) mass is 261 g/mol. The first-order chi connectivity index (χ1) is 9.16. The second-order valence-corrected chi connectivity index (χ2v) is 4.67. The van der Waals surface area contributed by atoms with E-state index in [9.17, 15) is 9.59 Å². The average molecular weight is 261 g/mol. The highest BCUT2D eigenvalue weighted by molar-refractivity contribution is 5.96. The lowest BCUT2D eigenvalue weighted by molar-refractivity contribution is -0.119. The van der Waals surface area contributed by atoms with E-state index < -0.39 is 0 Å². The molecule has 0 fully saturated rings. The van der Waals surface area contributed by atoms with Crippen LogP contribution in [0.2, 0.25) is 0 Å². The summed E-state index contributed by atoms with van der Waals surface area (Å²) in [6.07, 6.45) is 1.63.